The van der Waals surface area contributed by atoms with Gasteiger partial charge in [-0.25, -0.2) is 9.97 Å². The molecule has 0 aliphatic carbocycles. The van der Waals surface area contributed by atoms with Crippen LogP contribution in [0.1, 0.15) is 11.1 Å². The van der Waals surface area contributed by atoms with Crippen molar-refractivity contribution in [2.45, 2.75) is 0 Å². The minimum absolute atomic E-state index is 0.00592. The quantitative estimate of drug-likeness (QED) is 0.743. The summed E-state index contributed by atoms with van der Waals surface area (Å²) in [5.74, 6) is 0.926. The predicted octanol–water partition coefficient (Wildman–Crippen LogP) is 2.24. The first-order valence-corrected chi connectivity index (χ1v) is 7.08. The molecule has 2 aromatic heterocycles. The number of nitrogen functional groups attached to an aromatic ring is 2. The number of nitriles is 2. The van der Waals surface area contributed by atoms with E-state index in [0.29, 0.717) is 28.5 Å². The molecule has 8 nitrogen and oxygen atoms in total. The molecule has 0 atom stereocenters. The Morgan fingerprint density at radius 1 is 0.920 bits per heavy atom. The van der Waals surface area contributed by atoms with Gasteiger partial charge in [0.15, 0.2) is 0 Å². The fraction of sp³-hybridized carbons (Fsp3) is 0. The van der Waals surface area contributed by atoms with E-state index in [2.05, 4.69) is 15.0 Å². The Hall–Kier alpha value is -4.17. The van der Waals surface area contributed by atoms with Crippen LogP contribution in [0, 0.1) is 22.7 Å². The zero-order chi connectivity index (χ0) is 17.8. The van der Waals surface area contributed by atoms with E-state index in [0.717, 1.165) is 0 Å². The van der Waals surface area contributed by atoms with Gasteiger partial charge in [-0.1, -0.05) is 0 Å². The number of hydrogen-bond donors (Lipinski definition) is 2. The van der Waals surface area contributed by atoms with Gasteiger partial charge >= 0.3 is 0 Å². The Morgan fingerprint density at radius 2 is 1.68 bits per heavy atom. The maximum Gasteiger partial charge on any atom is 0.222 e. The number of nitrogens with two attached hydrogens (primary N) is 2. The standard InChI is InChI=1S/C17H11N7O/c18-7-10-1-6-14(22-9-10)25-12-4-2-11(3-5-12)15-13(8-19)16(20)24-17(21)23-15/h1-6,9H,(H4,20,21,23,24). The molecule has 0 saturated heterocycles. The van der Waals surface area contributed by atoms with Crippen LogP contribution in [0.25, 0.3) is 11.3 Å². The van der Waals surface area contributed by atoms with Crippen molar-refractivity contribution in [1.29, 1.82) is 10.5 Å². The van der Waals surface area contributed by atoms with Gasteiger partial charge in [-0.2, -0.15) is 15.5 Å². The predicted molar refractivity (Wildman–Crippen MR) is 90.0 cm³/mol. The fourth-order valence-electron chi connectivity index (χ4n) is 2.12. The molecule has 120 valence electrons. The van der Waals surface area contributed by atoms with Crippen LogP contribution in [0.15, 0.2) is 42.6 Å². The van der Waals surface area contributed by atoms with Crippen molar-refractivity contribution < 1.29 is 4.74 Å². The van der Waals surface area contributed by atoms with Crippen LogP contribution in [-0.4, -0.2) is 15.0 Å². The highest BCUT2D eigenvalue weighted by atomic mass is 16.5. The van der Waals surface area contributed by atoms with Gasteiger partial charge in [0.1, 0.15) is 29.3 Å². The van der Waals surface area contributed by atoms with Crippen LogP contribution >= 0.6 is 0 Å². The number of benzene rings is 1. The lowest BCUT2D eigenvalue weighted by atomic mass is 10.1. The summed E-state index contributed by atoms with van der Waals surface area (Å²) in [7, 11) is 0. The van der Waals surface area contributed by atoms with Crippen molar-refractivity contribution in [3.63, 3.8) is 0 Å². The fourth-order valence-corrected chi connectivity index (χ4v) is 2.12. The second kappa shape index (κ2) is 6.52. The summed E-state index contributed by atoms with van der Waals surface area (Å²) in [5.41, 5.74) is 12.9. The van der Waals surface area contributed by atoms with Crippen LogP contribution in [0.5, 0.6) is 11.6 Å². The average molecular weight is 329 g/mol. The summed E-state index contributed by atoms with van der Waals surface area (Å²) >= 11 is 0. The number of aromatic nitrogens is 3. The third-order valence-electron chi connectivity index (χ3n) is 3.28. The van der Waals surface area contributed by atoms with Gasteiger partial charge in [0.05, 0.1) is 11.3 Å². The minimum atomic E-state index is -0.00592. The van der Waals surface area contributed by atoms with E-state index in [-0.39, 0.29) is 17.3 Å². The molecule has 4 N–H and O–H groups in total. The normalized spacial score (nSPS) is 9.84. The largest absolute Gasteiger partial charge is 0.439 e. The highest BCUT2D eigenvalue weighted by molar-refractivity contribution is 5.73. The molecule has 0 fully saturated rings. The molecule has 25 heavy (non-hydrogen) atoms. The monoisotopic (exact) mass is 329 g/mol. The van der Waals surface area contributed by atoms with Crippen molar-refractivity contribution >= 4 is 11.8 Å². The number of rotatable bonds is 3. The maximum absolute atomic E-state index is 9.24. The van der Waals surface area contributed by atoms with Crippen LogP contribution < -0.4 is 16.2 Å². The average Bonchev–Trinajstić information content (AvgIpc) is 2.62. The molecule has 8 heteroatoms. The lowest BCUT2D eigenvalue weighted by molar-refractivity contribution is 0.463. The summed E-state index contributed by atoms with van der Waals surface area (Å²) in [6.45, 7) is 0. The molecule has 3 rings (SSSR count). The lowest BCUT2D eigenvalue weighted by Crippen LogP contribution is -2.04. The molecule has 0 radical (unpaired) electrons. The molecule has 0 spiro atoms. The van der Waals surface area contributed by atoms with Crippen molar-refractivity contribution in [3.05, 3.63) is 53.7 Å². The summed E-state index contributed by atoms with van der Waals surface area (Å²) < 4.78 is 5.61. The van der Waals surface area contributed by atoms with Gasteiger partial charge in [0.25, 0.3) is 0 Å². The van der Waals surface area contributed by atoms with Crippen molar-refractivity contribution in [2.24, 2.45) is 0 Å². The molecular weight excluding hydrogens is 318 g/mol. The van der Waals surface area contributed by atoms with Crippen LogP contribution in [0.4, 0.5) is 11.8 Å². The zero-order valence-electron chi connectivity index (χ0n) is 12.8. The van der Waals surface area contributed by atoms with E-state index in [1.807, 2.05) is 12.1 Å². The lowest BCUT2D eigenvalue weighted by Gasteiger charge is -2.08. The van der Waals surface area contributed by atoms with Crippen molar-refractivity contribution in [3.8, 4) is 35.0 Å². The van der Waals surface area contributed by atoms with Gasteiger partial charge in [0, 0.05) is 17.8 Å². The highest BCUT2D eigenvalue weighted by Crippen LogP contribution is 2.28. The Bertz CT molecular complexity index is 999. The molecule has 0 unspecified atom stereocenters. The van der Waals surface area contributed by atoms with Crippen LogP contribution in [0.3, 0.4) is 0 Å². The second-order valence-electron chi connectivity index (χ2n) is 4.93. The smallest absolute Gasteiger partial charge is 0.222 e. The number of nitrogens with zero attached hydrogens (tertiary/aromatic N) is 5. The zero-order valence-corrected chi connectivity index (χ0v) is 12.8. The first-order valence-electron chi connectivity index (χ1n) is 7.08. The molecule has 0 aliphatic heterocycles. The van der Waals surface area contributed by atoms with Crippen LogP contribution in [0.2, 0.25) is 0 Å². The van der Waals surface area contributed by atoms with Crippen molar-refractivity contribution in [2.75, 3.05) is 11.5 Å². The number of pyridine rings is 1. The molecule has 2 heterocycles. The molecular formula is C17H11N7O. The Labute approximate surface area is 143 Å². The van der Waals surface area contributed by atoms with Crippen molar-refractivity contribution in [1.82, 2.24) is 15.0 Å². The van der Waals surface area contributed by atoms with E-state index in [1.54, 1.807) is 36.4 Å². The van der Waals surface area contributed by atoms with Gasteiger partial charge in [-0.05, 0) is 30.3 Å². The van der Waals surface area contributed by atoms with Gasteiger partial charge in [-0.15, -0.1) is 0 Å². The summed E-state index contributed by atoms with van der Waals surface area (Å²) in [6.07, 6.45) is 1.43. The van der Waals surface area contributed by atoms with E-state index in [1.165, 1.54) is 6.20 Å². The molecule has 1 aromatic carbocycles. The Kier molecular flexibility index (Phi) is 4.10. The molecule has 0 saturated carbocycles. The third kappa shape index (κ3) is 3.28. The van der Waals surface area contributed by atoms with E-state index in [9.17, 15) is 5.26 Å². The van der Waals surface area contributed by atoms with Gasteiger partial charge in [-0.3, -0.25) is 0 Å². The first kappa shape index (κ1) is 15.7. The first-order chi connectivity index (χ1) is 12.1. The SMILES string of the molecule is N#Cc1ccc(Oc2ccc(-c3nc(N)nc(N)c3C#N)cc2)nc1. The summed E-state index contributed by atoms with van der Waals surface area (Å²) in [4.78, 5) is 11.9. The topological polar surface area (TPSA) is 148 Å². The van der Waals surface area contributed by atoms with E-state index in [4.69, 9.17) is 21.5 Å². The molecule has 3 aromatic rings. The highest BCUT2D eigenvalue weighted by Gasteiger charge is 2.13. The van der Waals surface area contributed by atoms with Gasteiger partial charge in [0.2, 0.25) is 11.8 Å². The summed E-state index contributed by atoms with van der Waals surface area (Å²) in [5, 5.41) is 18.0. The van der Waals surface area contributed by atoms with Gasteiger partial charge < -0.3 is 16.2 Å². The van der Waals surface area contributed by atoms with E-state index < -0.39 is 0 Å². The summed E-state index contributed by atoms with van der Waals surface area (Å²) in [6, 6.07) is 14.0. The second-order valence-corrected chi connectivity index (χ2v) is 4.93. The third-order valence-corrected chi connectivity index (χ3v) is 3.28. The van der Waals surface area contributed by atoms with Crippen LogP contribution in [-0.2, 0) is 0 Å². The number of anilines is 2. The maximum atomic E-state index is 9.24. The molecule has 0 bridgehead atoms. The Balaban J connectivity index is 1.88. The Morgan fingerprint density at radius 3 is 2.28 bits per heavy atom. The minimum Gasteiger partial charge on any atom is -0.439 e. The number of ether oxygens (including phenoxy) is 1. The number of hydrogen-bond acceptors (Lipinski definition) is 8. The molecule has 0 aliphatic rings. The molecule has 0 amide bonds. The van der Waals surface area contributed by atoms with E-state index >= 15 is 0 Å².